The van der Waals surface area contributed by atoms with Gasteiger partial charge in [0.05, 0.1) is 11.3 Å². The number of fused-ring (bicyclic) bond motifs is 3. The molecule has 0 saturated carbocycles. The van der Waals surface area contributed by atoms with Gasteiger partial charge in [-0.1, -0.05) is 30.3 Å². The molecule has 0 unspecified atom stereocenters. The van der Waals surface area contributed by atoms with E-state index in [1.165, 1.54) is 0 Å². The van der Waals surface area contributed by atoms with Crippen molar-refractivity contribution in [1.29, 1.82) is 5.26 Å². The fraction of sp³-hybridized carbons (Fsp3) is 0.0526. The Morgan fingerprint density at radius 1 is 0.909 bits per heavy atom. The molecule has 2 heterocycles. The van der Waals surface area contributed by atoms with Gasteiger partial charge in [0.25, 0.3) is 0 Å². The second kappa shape index (κ2) is 4.71. The topological polar surface area (TPSA) is 49.8 Å². The summed E-state index contributed by atoms with van der Waals surface area (Å²) in [4.78, 5) is 4.58. The number of nitrogens with zero attached hydrogens (tertiary/aromatic N) is 2. The zero-order valence-corrected chi connectivity index (χ0v) is 12.0. The largest absolute Gasteiger partial charge is 0.454 e. The molecule has 3 nitrogen and oxygen atoms in total. The monoisotopic (exact) mass is 284 g/mol. The molecule has 0 amide bonds. The quantitative estimate of drug-likeness (QED) is 0.503. The van der Waals surface area contributed by atoms with Crippen LogP contribution in [0.25, 0.3) is 33.2 Å². The molecule has 2 aromatic carbocycles. The Kier molecular flexibility index (Phi) is 2.70. The molecule has 104 valence electrons. The second-order valence-electron chi connectivity index (χ2n) is 5.24. The van der Waals surface area contributed by atoms with E-state index in [0.717, 1.165) is 33.3 Å². The number of pyridine rings is 1. The number of hydrogen-bond acceptors (Lipinski definition) is 3. The van der Waals surface area contributed by atoms with E-state index in [-0.39, 0.29) is 0 Å². The molecular formula is C19H12N2O. The lowest BCUT2D eigenvalue weighted by atomic mass is 10.1. The highest BCUT2D eigenvalue weighted by Gasteiger charge is 2.14. The van der Waals surface area contributed by atoms with Gasteiger partial charge in [0.1, 0.15) is 11.7 Å². The first kappa shape index (κ1) is 12.6. The first-order valence-corrected chi connectivity index (χ1v) is 7.06. The standard InChI is InChI=1S/C19H12N2O/c1-12-5-2-10-17(21-12)16-9-4-8-15-14-7-3-6-13(11-20)18(14)22-19(15)16/h2-10H,1H3. The van der Waals surface area contributed by atoms with Gasteiger partial charge in [-0.25, -0.2) is 0 Å². The Morgan fingerprint density at radius 3 is 2.41 bits per heavy atom. The Labute approximate surface area is 127 Å². The van der Waals surface area contributed by atoms with Gasteiger partial charge >= 0.3 is 0 Å². The molecule has 3 heteroatoms. The Morgan fingerprint density at radius 2 is 1.64 bits per heavy atom. The highest BCUT2D eigenvalue weighted by molar-refractivity contribution is 6.10. The SMILES string of the molecule is Cc1cccc(-c2cccc3c2oc2c(C#N)cccc23)n1. The first-order chi connectivity index (χ1) is 10.8. The number of nitriles is 1. The fourth-order valence-electron chi connectivity index (χ4n) is 2.80. The van der Waals surface area contributed by atoms with E-state index >= 15 is 0 Å². The molecule has 0 N–H and O–H groups in total. The fourth-order valence-corrected chi connectivity index (χ4v) is 2.80. The van der Waals surface area contributed by atoms with Crippen LogP contribution in [0.2, 0.25) is 0 Å². The average molecular weight is 284 g/mol. The van der Waals surface area contributed by atoms with Crippen molar-refractivity contribution < 1.29 is 4.42 Å². The maximum Gasteiger partial charge on any atom is 0.153 e. The highest BCUT2D eigenvalue weighted by Crippen LogP contribution is 2.36. The van der Waals surface area contributed by atoms with Crippen molar-refractivity contribution >= 4 is 21.9 Å². The summed E-state index contributed by atoms with van der Waals surface area (Å²) in [5.41, 5.74) is 4.75. The van der Waals surface area contributed by atoms with Gasteiger partial charge < -0.3 is 4.42 Å². The third-order valence-corrected chi connectivity index (χ3v) is 3.81. The third kappa shape index (κ3) is 1.78. The van der Waals surface area contributed by atoms with Crippen molar-refractivity contribution in [3.8, 4) is 17.3 Å². The summed E-state index contributed by atoms with van der Waals surface area (Å²) >= 11 is 0. The molecule has 2 aromatic heterocycles. The van der Waals surface area contributed by atoms with Crippen LogP contribution in [0.4, 0.5) is 0 Å². The normalized spacial score (nSPS) is 10.9. The lowest BCUT2D eigenvalue weighted by Gasteiger charge is -2.02. The van der Waals surface area contributed by atoms with Crippen molar-refractivity contribution in [3.63, 3.8) is 0 Å². The van der Waals surface area contributed by atoms with Crippen molar-refractivity contribution in [2.45, 2.75) is 6.92 Å². The van der Waals surface area contributed by atoms with Crippen molar-refractivity contribution in [2.75, 3.05) is 0 Å². The van der Waals surface area contributed by atoms with Crippen LogP contribution in [0.3, 0.4) is 0 Å². The van der Waals surface area contributed by atoms with Gasteiger partial charge in [-0.15, -0.1) is 0 Å². The van der Waals surface area contributed by atoms with Gasteiger partial charge in [0.2, 0.25) is 0 Å². The molecule has 0 aliphatic heterocycles. The molecule has 0 saturated heterocycles. The van der Waals surface area contributed by atoms with Gasteiger partial charge in [-0.2, -0.15) is 5.26 Å². The van der Waals surface area contributed by atoms with E-state index in [9.17, 15) is 5.26 Å². The van der Waals surface area contributed by atoms with Crippen LogP contribution in [0, 0.1) is 18.3 Å². The summed E-state index contributed by atoms with van der Waals surface area (Å²) in [6, 6.07) is 19.8. The summed E-state index contributed by atoms with van der Waals surface area (Å²) in [6.07, 6.45) is 0. The zero-order valence-electron chi connectivity index (χ0n) is 12.0. The minimum Gasteiger partial charge on any atom is -0.454 e. The van der Waals surface area contributed by atoms with Gasteiger partial charge in [0.15, 0.2) is 5.58 Å². The Balaban J connectivity index is 2.12. The van der Waals surface area contributed by atoms with Gasteiger partial charge in [0, 0.05) is 22.0 Å². The number of aromatic nitrogens is 1. The Hall–Kier alpha value is -3.12. The van der Waals surface area contributed by atoms with E-state index < -0.39 is 0 Å². The summed E-state index contributed by atoms with van der Waals surface area (Å²) < 4.78 is 6.04. The zero-order chi connectivity index (χ0) is 15.1. The molecule has 0 atom stereocenters. The van der Waals surface area contributed by atoms with E-state index in [1.54, 1.807) is 6.07 Å². The lowest BCUT2D eigenvalue weighted by molar-refractivity contribution is 0.668. The molecule has 22 heavy (non-hydrogen) atoms. The molecule has 0 aliphatic rings. The number of rotatable bonds is 1. The summed E-state index contributed by atoms with van der Waals surface area (Å²) in [6.45, 7) is 1.97. The van der Waals surface area contributed by atoms with Crippen molar-refractivity contribution in [2.24, 2.45) is 0 Å². The smallest absolute Gasteiger partial charge is 0.153 e. The van der Waals surface area contributed by atoms with Crippen LogP contribution < -0.4 is 0 Å². The number of furan rings is 1. The molecular weight excluding hydrogens is 272 g/mol. The Bertz CT molecular complexity index is 1050. The van der Waals surface area contributed by atoms with Crippen LogP contribution in [-0.4, -0.2) is 4.98 Å². The highest BCUT2D eigenvalue weighted by atomic mass is 16.3. The number of hydrogen-bond donors (Lipinski definition) is 0. The van der Waals surface area contributed by atoms with Crippen LogP contribution >= 0.6 is 0 Å². The van der Waals surface area contributed by atoms with Crippen LogP contribution in [0.1, 0.15) is 11.3 Å². The maximum absolute atomic E-state index is 9.26. The molecule has 4 aromatic rings. The third-order valence-electron chi connectivity index (χ3n) is 3.81. The second-order valence-corrected chi connectivity index (χ2v) is 5.24. The average Bonchev–Trinajstić information content (AvgIpc) is 2.93. The number of para-hydroxylation sites is 2. The summed E-state index contributed by atoms with van der Waals surface area (Å²) in [5.74, 6) is 0. The van der Waals surface area contributed by atoms with Gasteiger partial charge in [-0.3, -0.25) is 4.98 Å². The van der Waals surface area contributed by atoms with Crippen molar-refractivity contribution in [1.82, 2.24) is 4.98 Å². The molecule has 0 aliphatic carbocycles. The number of benzene rings is 2. The van der Waals surface area contributed by atoms with Crippen LogP contribution in [-0.2, 0) is 0 Å². The summed E-state index contributed by atoms with van der Waals surface area (Å²) in [5, 5.41) is 11.2. The molecule has 0 radical (unpaired) electrons. The van der Waals surface area contributed by atoms with E-state index in [2.05, 4.69) is 11.1 Å². The van der Waals surface area contributed by atoms with Crippen LogP contribution in [0.15, 0.2) is 59.0 Å². The van der Waals surface area contributed by atoms with E-state index in [1.807, 2.05) is 55.5 Å². The molecule has 4 rings (SSSR count). The molecule has 0 spiro atoms. The van der Waals surface area contributed by atoms with Crippen molar-refractivity contribution in [3.05, 3.63) is 65.9 Å². The maximum atomic E-state index is 9.26. The lowest BCUT2D eigenvalue weighted by Crippen LogP contribution is -1.86. The van der Waals surface area contributed by atoms with E-state index in [4.69, 9.17) is 4.42 Å². The molecule has 0 fully saturated rings. The predicted octanol–water partition coefficient (Wildman–Crippen LogP) is 4.83. The minimum absolute atomic E-state index is 0.553. The minimum atomic E-state index is 0.553. The molecule has 0 bridgehead atoms. The van der Waals surface area contributed by atoms with E-state index in [0.29, 0.717) is 11.1 Å². The van der Waals surface area contributed by atoms with Crippen LogP contribution in [0.5, 0.6) is 0 Å². The number of aryl methyl sites for hydroxylation is 1. The predicted molar refractivity (Wildman–Crippen MR) is 86.4 cm³/mol. The first-order valence-electron chi connectivity index (χ1n) is 7.06. The summed E-state index contributed by atoms with van der Waals surface area (Å²) in [7, 11) is 0. The van der Waals surface area contributed by atoms with Gasteiger partial charge in [-0.05, 0) is 31.2 Å².